The van der Waals surface area contributed by atoms with Gasteiger partial charge in [0.1, 0.15) is 5.78 Å². The standard InChI is InChI=1S/C10H18O2/c1-7(2)5-9(11)6-10(12)8(3)4/h7,10,12H,3,5-6H2,1-2,4H3. The Kier molecular flexibility index (Phi) is 4.83. The quantitative estimate of drug-likeness (QED) is 0.640. The Labute approximate surface area is 74.3 Å². The van der Waals surface area contributed by atoms with Gasteiger partial charge in [0.05, 0.1) is 6.10 Å². The topological polar surface area (TPSA) is 37.3 Å². The Bertz CT molecular complexity index is 171. The van der Waals surface area contributed by atoms with Crippen LogP contribution in [0.2, 0.25) is 0 Å². The van der Waals surface area contributed by atoms with E-state index < -0.39 is 6.10 Å². The zero-order valence-electron chi connectivity index (χ0n) is 8.13. The highest BCUT2D eigenvalue weighted by Gasteiger charge is 2.11. The number of carbonyl (C=O) groups is 1. The molecule has 0 aliphatic carbocycles. The second kappa shape index (κ2) is 5.09. The molecule has 2 nitrogen and oxygen atoms in total. The molecule has 70 valence electrons. The Morgan fingerprint density at radius 1 is 1.42 bits per heavy atom. The molecule has 0 amide bonds. The number of ketones is 1. The van der Waals surface area contributed by atoms with Crippen LogP contribution in [0.3, 0.4) is 0 Å². The molecule has 2 heteroatoms. The van der Waals surface area contributed by atoms with E-state index in [1.807, 2.05) is 13.8 Å². The fraction of sp³-hybridized carbons (Fsp3) is 0.700. The second-order valence-corrected chi connectivity index (χ2v) is 3.70. The number of hydrogen-bond acceptors (Lipinski definition) is 2. The van der Waals surface area contributed by atoms with E-state index in [2.05, 4.69) is 6.58 Å². The number of hydrogen-bond donors (Lipinski definition) is 1. The maximum Gasteiger partial charge on any atom is 0.136 e. The molecular weight excluding hydrogens is 152 g/mol. The monoisotopic (exact) mass is 170 g/mol. The summed E-state index contributed by atoms with van der Waals surface area (Å²) in [5.74, 6) is 0.482. The fourth-order valence-electron chi connectivity index (χ4n) is 0.929. The molecule has 0 fully saturated rings. The highest BCUT2D eigenvalue weighted by atomic mass is 16.3. The Balaban J connectivity index is 3.77. The van der Waals surface area contributed by atoms with Gasteiger partial charge in [-0.25, -0.2) is 0 Å². The van der Waals surface area contributed by atoms with Crippen molar-refractivity contribution in [3.05, 3.63) is 12.2 Å². The van der Waals surface area contributed by atoms with Gasteiger partial charge in [-0.3, -0.25) is 4.79 Å². The van der Waals surface area contributed by atoms with Gasteiger partial charge in [-0.1, -0.05) is 26.0 Å². The molecule has 0 aromatic carbocycles. The predicted octanol–water partition coefficient (Wildman–Crippen LogP) is 1.93. The number of rotatable bonds is 5. The van der Waals surface area contributed by atoms with Crippen LogP contribution in [0.1, 0.15) is 33.6 Å². The van der Waals surface area contributed by atoms with E-state index in [9.17, 15) is 9.90 Å². The lowest BCUT2D eigenvalue weighted by atomic mass is 10.0. The first-order valence-corrected chi connectivity index (χ1v) is 4.28. The van der Waals surface area contributed by atoms with Crippen molar-refractivity contribution in [2.45, 2.75) is 39.7 Å². The molecule has 0 saturated heterocycles. The fourth-order valence-corrected chi connectivity index (χ4v) is 0.929. The molecule has 0 radical (unpaired) electrons. The van der Waals surface area contributed by atoms with Gasteiger partial charge in [0.25, 0.3) is 0 Å². The molecule has 1 unspecified atom stereocenters. The molecule has 0 aromatic rings. The van der Waals surface area contributed by atoms with Crippen molar-refractivity contribution >= 4 is 5.78 Å². The Hall–Kier alpha value is -0.630. The van der Waals surface area contributed by atoms with Gasteiger partial charge in [0.15, 0.2) is 0 Å². The largest absolute Gasteiger partial charge is 0.388 e. The molecule has 0 spiro atoms. The molecule has 0 aliphatic heterocycles. The van der Waals surface area contributed by atoms with Crippen LogP contribution in [0.15, 0.2) is 12.2 Å². The van der Waals surface area contributed by atoms with E-state index >= 15 is 0 Å². The molecule has 0 aliphatic rings. The van der Waals surface area contributed by atoms with Crippen molar-refractivity contribution in [3.8, 4) is 0 Å². The molecule has 1 N–H and O–H groups in total. The Morgan fingerprint density at radius 3 is 2.25 bits per heavy atom. The van der Waals surface area contributed by atoms with Gasteiger partial charge in [-0.2, -0.15) is 0 Å². The molecule has 0 aromatic heterocycles. The first kappa shape index (κ1) is 11.4. The van der Waals surface area contributed by atoms with E-state index in [0.29, 0.717) is 17.9 Å². The Morgan fingerprint density at radius 2 is 1.92 bits per heavy atom. The maximum atomic E-state index is 11.2. The predicted molar refractivity (Wildman–Crippen MR) is 49.9 cm³/mol. The lowest BCUT2D eigenvalue weighted by Gasteiger charge is -2.09. The van der Waals surface area contributed by atoms with Gasteiger partial charge in [0.2, 0.25) is 0 Å². The third-order valence-corrected chi connectivity index (χ3v) is 1.63. The average molecular weight is 170 g/mol. The van der Waals surface area contributed by atoms with Crippen LogP contribution in [0, 0.1) is 5.92 Å². The summed E-state index contributed by atoms with van der Waals surface area (Å²) in [6.45, 7) is 9.30. The van der Waals surface area contributed by atoms with Crippen molar-refractivity contribution in [3.63, 3.8) is 0 Å². The summed E-state index contributed by atoms with van der Waals surface area (Å²) < 4.78 is 0. The van der Waals surface area contributed by atoms with Crippen LogP contribution in [-0.4, -0.2) is 17.0 Å². The SMILES string of the molecule is C=C(C)C(O)CC(=O)CC(C)C. The van der Waals surface area contributed by atoms with Crippen LogP contribution in [-0.2, 0) is 4.79 Å². The third kappa shape index (κ3) is 5.08. The zero-order valence-corrected chi connectivity index (χ0v) is 8.13. The molecule has 0 bridgehead atoms. The van der Waals surface area contributed by atoms with Crippen molar-refractivity contribution in [2.24, 2.45) is 5.92 Å². The summed E-state index contributed by atoms with van der Waals surface area (Å²) in [4.78, 5) is 11.2. The number of carbonyl (C=O) groups excluding carboxylic acids is 1. The van der Waals surface area contributed by atoms with Crippen LogP contribution in [0.5, 0.6) is 0 Å². The van der Waals surface area contributed by atoms with E-state index in [1.54, 1.807) is 6.92 Å². The summed E-state index contributed by atoms with van der Waals surface area (Å²) in [5, 5.41) is 9.29. The average Bonchev–Trinajstić information content (AvgIpc) is 1.84. The van der Waals surface area contributed by atoms with Crippen LogP contribution in [0.4, 0.5) is 0 Å². The summed E-state index contributed by atoms with van der Waals surface area (Å²) in [5.41, 5.74) is 0.659. The minimum absolute atomic E-state index is 0.112. The van der Waals surface area contributed by atoms with Gasteiger partial charge in [-0.15, -0.1) is 0 Å². The van der Waals surface area contributed by atoms with E-state index in [-0.39, 0.29) is 12.2 Å². The smallest absolute Gasteiger partial charge is 0.136 e. The van der Waals surface area contributed by atoms with E-state index in [0.717, 1.165) is 0 Å². The van der Waals surface area contributed by atoms with E-state index in [4.69, 9.17) is 0 Å². The van der Waals surface area contributed by atoms with Gasteiger partial charge in [-0.05, 0) is 12.8 Å². The molecule has 0 saturated carbocycles. The number of aliphatic hydroxyl groups is 1. The minimum atomic E-state index is -0.656. The number of Topliss-reactive ketones (excluding diaryl/α,β-unsaturated/α-hetero) is 1. The first-order valence-electron chi connectivity index (χ1n) is 4.28. The first-order chi connectivity index (χ1) is 5.43. The van der Waals surface area contributed by atoms with Crippen LogP contribution < -0.4 is 0 Å². The summed E-state index contributed by atoms with van der Waals surface area (Å²) >= 11 is 0. The molecule has 1 atom stereocenters. The summed E-state index contributed by atoms with van der Waals surface area (Å²) in [7, 11) is 0. The lowest BCUT2D eigenvalue weighted by Crippen LogP contribution is -2.15. The molecule has 0 rings (SSSR count). The second-order valence-electron chi connectivity index (χ2n) is 3.70. The van der Waals surface area contributed by atoms with Crippen LogP contribution in [0.25, 0.3) is 0 Å². The molecule has 0 heterocycles. The van der Waals surface area contributed by atoms with Crippen LogP contribution >= 0.6 is 0 Å². The summed E-state index contributed by atoms with van der Waals surface area (Å²) in [6.07, 6.45) is 0.106. The summed E-state index contributed by atoms with van der Waals surface area (Å²) in [6, 6.07) is 0. The zero-order chi connectivity index (χ0) is 9.72. The van der Waals surface area contributed by atoms with Gasteiger partial charge >= 0.3 is 0 Å². The molecule has 12 heavy (non-hydrogen) atoms. The van der Waals surface area contributed by atoms with Crippen molar-refractivity contribution in [1.29, 1.82) is 0 Å². The third-order valence-electron chi connectivity index (χ3n) is 1.63. The highest BCUT2D eigenvalue weighted by molar-refractivity contribution is 5.79. The van der Waals surface area contributed by atoms with Crippen molar-refractivity contribution < 1.29 is 9.90 Å². The molecular formula is C10H18O2. The minimum Gasteiger partial charge on any atom is -0.388 e. The van der Waals surface area contributed by atoms with Crippen molar-refractivity contribution in [2.75, 3.05) is 0 Å². The van der Waals surface area contributed by atoms with Gasteiger partial charge in [0, 0.05) is 12.8 Å². The number of aliphatic hydroxyl groups excluding tert-OH is 1. The lowest BCUT2D eigenvalue weighted by molar-refractivity contribution is -0.121. The van der Waals surface area contributed by atoms with Gasteiger partial charge < -0.3 is 5.11 Å². The van der Waals surface area contributed by atoms with E-state index in [1.165, 1.54) is 0 Å². The highest BCUT2D eigenvalue weighted by Crippen LogP contribution is 2.08. The maximum absolute atomic E-state index is 11.2. The van der Waals surface area contributed by atoms with Crippen molar-refractivity contribution in [1.82, 2.24) is 0 Å². The normalized spacial score (nSPS) is 13.1.